The van der Waals surface area contributed by atoms with Crippen LogP contribution in [0.5, 0.6) is 23.0 Å². The minimum atomic E-state index is -0.376. The molecule has 0 spiro atoms. The molecule has 1 heterocycles. The number of likely N-dealkylation sites (tertiary alicyclic amines) is 1. The minimum Gasteiger partial charge on any atom is -0.508 e. The molecular formula is C21H24N2O6. The van der Waals surface area contributed by atoms with Crippen LogP contribution in [-0.2, 0) is 0 Å². The number of benzene rings is 2. The molecular weight excluding hydrogens is 376 g/mol. The second kappa shape index (κ2) is 8.72. The van der Waals surface area contributed by atoms with Gasteiger partial charge in [0.05, 0.1) is 14.2 Å². The van der Waals surface area contributed by atoms with Gasteiger partial charge in [-0.2, -0.15) is 0 Å². The molecule has 2 amide bonds. The standard InChI is InChI=1S/C21H24N2O6/c1-28-18-9-14(10-19(12-18)29-2)21(27)23-5-3-15(4-6-23)22-20(26)13-7-16(24)11-17(25)8-13/h7-12,15,24-25H,3-6H2,1-2H3,(H,22,26). The van der Waals surface area contributed by atoms with Crippen molar-refractivity contribution in [1.82, 2.24) is 10.2 Å². The highest BCUT2D eigenvalue weighted by Crippen LogP contribution is 2.25. The molecule has 8 nitrogen and oxygen atoms in total. The molecule has 1 fully saturated rings. The summed E-state index contributed by atoms with van der Waals surface area (Å²) in [5.41, 5.74) is 0.670. The summed E-state index contributed by atoms with van der Waals surface area (Å²) in [4.78, 5) is 26.9. The van der Waals surface area contributed by atoms with Crippen molar-refractivity contribution in [3.8, 4) is 23.0 Å². The predicted octanol–water partition coefficient (Wildman–Crippen LogP) is 2.15. The number of carbonyl (C=O) groups is 2. The molecule has 1 aliphatic rings. The zero-order chi connectivity index (χ0) is 21.0. The fourth-order valence-corrected chi connectivity index (χ4v) is 3.34. The number of ether oxygens (including phenoxy) is 2. The zero-order valence-electron chi connectivity index (χ0n) is 16.3. The second-order valence-corrected chi connectivity index (χ2v) is 6.88. The van der Waals surface area contributed by atoms with E-state index in [4.69, 9.17) is 9.47 Å². The average molecular weight is 400 g/mol. The second-order valence-electron chi connectivity index (χ2n) is 6.88. The number of rotatable bonds is 5. The van der Waals surface area contributed by atoms with Crippen molar-refractivity contribution < 1.29 is 29.3 Å². The van der Waals surface area contributed by atoms with E-state index in [0.717, 1.165) is 6.07 Å². The van der Waals surface area contributed by atoms with Gasteiger partial charge in [-0.25, -0.2) is 0 Å². The Bertz CT molecular complexity index is 864. The van der Waals surface area contributed by atoms with Gasteiger partial charge in [0, 0.05) is 42.4 Å². The number of carbonyl (C=O) groups excluding carboxylic acids is 2. The molecule has 3 N–H and O–H groups in total. The number of nitrogens with one attached hydrogen (secondary N) is 1. The zero-order valence-corrected chi connectivity index (χ0v) is 16.3. The largest absolute Gasteiger partial charge is 0.508 e. The molecule has 0 aromatic heterocycles. The van der Waals surface area contributed by atoms with Crippen LogP contribution in [0.2, 0.25) is 0 Å². The summed E-state index contributed by atoms with van der Waals surface area (Å²) in [6.07, 6.45) is 1.20. The van der Waals surface area contributed by atoms with E-state index < -0.39 is 0 Å². The van der Waals surface area contributed by atoms with Gasteiger partial charge in [-0.05, 0) is 37.1 Å². The van der Waals surface area contributed by atoms with Crippen molar-refractivity contribution in [2.24, 2.45) is 0 Å². The summed E-state index contributed by atoms with van der Waals surface area (Å²) in [5.74, 6) is 0.241. The lowest BCUT2D eigenvalue weighted by molar-refractivity contribution is 0.0697. The Morgan fingerprint density at radius 2 is 1.45 bits per heavy atom. The van der Waals surface area contributed by atoms with Gasteiger partial charge in [-0.3, -0.25) is 9.59 Å². The van der Waals surface area contributed by atoms with Crippen LogP contribution in [0.1, 0.15) is 33.6 Å². The normalized spacial score (nSPS) is 14.3. The van der Waals surface area contributed by atoms with Crippen LogP contribution < -0.4 is 14.8 Å². The number of hydrogen-bond acceptors (Lipinski definition) is 6. The van der Waals surface area contributed by atoms with Gasteiger partial charge in [0.2, 0.25) is 0 Å². The van der Waals surface area contributed by atoms with Crippen LogP contribution in [0.4, 0.5) is 0 Å². The van der Waals surface area contributed by atoms with Crippen LogP contribution in [0.25, 0.3) is 0 Å². The molecule has 0 aliphatic carbocycles. The number of nitrogens with zero attached hydrogens (tertiary/aromatic N) is 1. The van der Waals surface area contributed by atoms with E-state index in [1.54, 1.807) is 23.1 Å². The molecule has 0 atom stereocenters. The lowest BCUT2D eigenvalue weighted by Crippen LogP contribution is -2.46. The number of piperidine rings is 1. The molecule has 29 heavy (non-hydrogen) atoms. The molecule has 1 aliphatic heterocycles. The fourth-order valence-electron chi connectivity index (χ4n) is 3.34. The maximum atomic E-state index is 12.8. The van der Waals surface area contributed by atoms with Crippen molar-refractivity contribution >= 4 is 11.8 Å². The lowest BCUT2D eigenvalue weighted by atomic mass is 10.0. The molecule has 0 radical (unpaired) electrons. The Labute approximate surface area is 168 Å². The molecule has 0 bridgehead atoms. The Kier molecular flexibility index (Phi) is 6.11. The van der Waals surface area contributed by atoms with Gasteiger partial charge in [0.15, 0.2) is 0 Å². The van der Waals surface area contributed by atoms with Gasteiger partial charge in [-0.15, -0.1) is 0 Å². The minimum absolute atomic E-state index is 0.101. The number of phenolic OH excluding ortho intramolecular Hbond substituents is 2. The van der Waals surface area contributed by atoms with E-state index in [1.807, 2.05) is 0 Å². The van der Waals surface area contributed by atoms with Crippen LogP contribution >= 0.6 is 0 Å². The molecule has 154 valence electrons. The first-order valence-corrected chi connectivity index (χ1v) is 9.26. The van der Waals surface area contributed by atoms with Gasteiger partial charge in [0.1, 0.15) is 23.0 Å². The summed E-state index contributed by atoms with van der Waals surface area (Å²) < 4.78 is 10.4. The molecule has 0 saturated carbocycles. The third-order valence-corrected chi connectivity index (χ3v) is 4.88. The highest BCUT2D eigenvalue weighted by atomic mass is 16.5. The van der Waals surface area contributed by atoms with Crippen LogP contribution in [0, 0.1) is 0 Å². The average Bonchev–Trinajstić information content (AvgIpc) is 2.72. The highest BCUT2D eigenvalue weighted by molar-refractivity contribution is 5.96. The molecule has 3 rings (SSSR count). The Morgan fingerprint density at radius 3 is 1.97 bits per heavy atom. The smallest absolute Gasteiger partial charge is 0.254 e. The molecule has 2 aromatic rings. The summed E-state index contributed by atoms with van der Waals surface area (Å²) in [5, 5.41) is 21.9. The van der Waals surface area contributed by atoms with Crippen LogP contribution in [0.15, 0.2) is 36.4 Å². The Morgan fingerprint density at radius 1 is 0.897 bits per heavy atom. The van der Waals surface area contributed by atoms with Gasteiger partial charge in [-0.1, -0.05) is 0 Å². The van der Waals surface area contributed by atoms with Crippen LogP contribution in [-0.4, -0.2) is 60.3 Å². The third-order valence-electron chi connectivity index (χ3n) is 4.88. The summed E-state index contributed by atoms with van der Waals surface area (Å²) in [7, 11) is 3.06. The lowest BCUT2D eigenvalue weighted by Gasteiger charge is -2.32. The van der Waals surface area contributed by atoms with E-state index in [2.05, 4.69) is 5.32 Å². The van der Waals surface area contributed by atoms with Crippen molar-refractivity contribution in [2.75, 3.05) is 27.3 Å². The topological polar surface area (TPSA) is 108 Å². The third kappa shape index (κ3) is 4.90. The summed E-state index contributed by atoms with van der Waals surface area (Å²) in [6.45, 7) is 0.989. The maximum Gasteiger partial charge on any atom is 0.254 e. The first-order valence-electron chi connectivity index (χ1n) is 9.26. The number of phenols is 2. The monoisotopic (exact) mass is 400 g/mol. The number of hydrogen-bond donors (Lipinski definition) is 3. The molecule has 0 unspecified atom stereocenters. The first-order chi connectivity index (χ1) is 13.9. The van der Waals surface area contributed by atoms with E-state index in [1.165, 1.54) is 26.4 Å². The summed E-state index contributed by atoms with van der Waals surface area (Å²) >= 11 is 0. The van der Waals surface area contributed by atoms with Crippen LogP contribution in [0.3, 0.4) is 0 Å². The van der Waals surface area contributed by atoms with E-state index >= 15 is 0 Å². The van der Waals surface area contributed by atoms with E-state index in [9.17, 15) is 19.8 Å². The van der Waals surface area contributed by atoms with Crippen molar-refractivity contribution in [3.63, 3.8) is 0 Å². The number of methoxy groups -OCH3 is 2. The molecule has 2 aromatic carbocycles. The Hall–Kier alpha value is -3.42. The first kappa shape index (κ1) is 20.3. The predicted molar refractivity (Wildman–Crippen MR) is 106 cm³/mol. The van der Waals surface area contributed by atoms with Crippen molar-refractivity contribution in [2.45, 2.75) is 18.9 Å². The number of amides is 2. The maximum absolute atomic E-state index is 12.8. The van der Waals surface area contributed by atoms with Gasteiger partial charge < -0.3 is 29.9 Å². The Balaban J connectivity index is 1.60. The summed E-state index contributed by atoms with van der Waals surface area (Å²) in [6, 6.07) is 8.70. The van der Waals surface area contributed by atoms with E-state index in [0.29, 0.717) is 43.0 Å². The molecule has 1 saturated heterocycles. The quantitative estimate of drug-likeness (QED) is 0.710. The number of aromatic hydroxyl groups is 2. The van der Waals surface area contributed by atoms with Crippen molar-refractivity contribution in [1.29, 1.82) is 0 Å². The van der Waals surface area contributed by atoms with E-state index in [-0.39, 0.29) is 34.9 Å². The SMILES string of the molecule is COc1cc(OC)cc(C(=O)N2CCC(NC(=O)c3cc(O)cc(O)c3)CC2)c1. The van der Waals surface area contributed by atoms with Gasteiger partial charge >= 0.3 is 0 Å². The van der Waals surface area contributed by atoms with Crippen molar-refractivity contribution in [3.05, 3.63) is 47.5 Å². The fraction of sp³-hybridized carbons (Fsp3) is 0.333. The van der Waals surface area contributed by atoms with Gasteiger partial charge in [0.25, 0.3) is 11.8 Å². The molecule has 8 heteroatoms. The highest BCUT2D eigenvalue weighted by Gasteiger charge is 2.25.